The highest BCUT2D eigenvalue weighted by molar-refractivity contribution is 6.31. The molecule has 0 aromatic heterocycles. The third kappa shape index (κ3) is 2.32. The Morgan fingerprint density at radius 3 is 2.65 bits per heavy atom. The van der Waals surface area contributed by atoms with Crippen molar-refractivity contribution < 1.29 is 9.13 Å². The number of hydrogen-bond acceptors (Lipinski definition) is 2. The van der Waals surface area contributed by atoms with Gasteiger partial charge in [-0.3, -0.25) is 0 Å². The van der Waals surface area contributed by atoms with E-state index in [9.17, 15) is 4.39 Å². The lowest BCUT2D eigenvalue weighted by Gasteiger charge is -2.34. The van der Waals surface area contributed by atoms with Crippen LogP contribution in [0.2, 0.25) is 5.02 Å². The van der Waals surface area contributed by atoms with E-state index < -0.39 is 5.60 Å². The molecule has 94 valence electrons. The molecule has 2 rings (SSSR count). The van der Waals surface area contributed by atoms with Gasteiger partial charge in [0.25, 0.3) is 0 Å². The minimum atomic E-state index is -0.391. The van der Waals surface area contributed by atoms with E-state index in [1.165, 1.54) is 12.1 Å². The fourth-order valence-corrected chi connectivity index (χ4v) is 2.89. The zero-order valence-corrected chi connectivity index (χ0v) is 10.6. The van der Waals surface area contributed by atoms with Crippen molar-refractivity contribution in [2.75, 3.05) is 7.11 Å². The predicted octanol–water partition coefficient (Wildman–Crippen LogP) is 3.44. The molecule has 1 aromatic carbocycles. The smallest absolute Gasteiger partial charge is 0.123 e. The van der Waals surface area contributed by atoms with E-state index in [0.29, 0.717) is 10.6 Å². The maximum absolute atomic E-state index is 13.3. The van der Waals surface area contributed by atoms with Crippen molar-refractivity contribution in [1.29, 1.82) is 0 Å². The molecule has 2 nitrogen and oxygen atoms in total. The maximum atomic E-state index is 13.3. The molecule has 2 N–H and O–H groups in total. The minimum Gasteiger partial charge on any atom is -0.376 e. The predicted molar refractivity (Wildman–Crippen MR) is 66.5 cm³/mol. The normalized spacial score (nSPS) is 20.5. The molecule has 1 aromatic rings. The van der Waals surface area contributed by atoms with Gasteiger partial charge in [0.05, 0.1) is 11.6 Å². The Balaban J connectivity index is 2.35. The Hall–Kier alpha value is -0.640. The first-order valence-electron chi connectivity index (χ1n) is 5.85. The summed E-state index contributed by atoms with van der Waals surface area (Å²) in [5.41, 5.74) is 6.48. The highest BCUT2D eigenvalue weighted by Crippen LogP contribution is 2.42. The molecule has 4 heteroatoms. The molecule has 1 unspecified atom stereocenters. The number of halogens is 2. The van der Waals surface area contributed by atoms with Crippen LogP contribution in [0.5, 0.6) is 0 Å². The van der Waals surface area contributed by atoms with Crippen molar-refractivity contribution in [2.24, 2.45) is 5.73 Å². The summed E-state index contributed by atoms with van der Waals surface area (Å²) in [5, 5.41) is 0.502. The van der Waals surface area contributed by atoms with E-state index in [2.05, 4.69) is 0 Å². The van der Waals surface area contributed by atoms with Crippen LogP contribution >= 0.6 is 11.6 Å². The van der Waals surface area contributed by atoms with Gasteiger partial charge in [0.1, 0.15) is 5.82 Å². The molecule has 17 heavy (non-hydrogen) atoms. The summed E-state index contributed by atoms with van der Waals surface area (Å²) < 4.78 is 18.9. The first-order valence-corrected chi connectivity index (χ1v) is 6.22. The van der Waals surface area contributed by atoms with E-state index in [-0.39, 0.29) is 11.9 Å². The topological polar surface area (TPSA) is 35.2 Å². The zero-order chi connectivity index (χ0) is 12.5. The number of hydrogen-bond donors (Lipinski definition) is 1. The molecule has 0 saturated heterocycles. The lowest BCUT2D eigenvalue weighted by atomic mass is 9.87. The Kier molecular flexibility index (Phi) is 3.71. The summed E-state index contributed by atoms with van der Waals surface area (Å²) in [5.74, 6) is -0.316. The van der Waals surface area contributed by atoms with Crippen LogP contribution in [0.3, 0.4) is 0 Å². The van der Waals surface area contributed by atoms with Crippen LogP contribution in [0.4, 0.5) is 4.39 Å². The van der Waals surface area contributed by atoms with Gasteiger partial charge < -0.3 is 10.5 Å². The largest absolute Gasteiger partial charge is 0.376 e. The Morgan fingerprint density at radius 2 is 2.06 bits per heavy atom. The molecular formula is C13H17ClFNO. The van der Waals surface area contributed by atoms with Crippen LogP contribution in [0.25, 0.3) is 0 Å². The molecule has 0 bridgehead atoms. The summed E-state index contributed by atoms with van der Waals surface area (Å²) in [6, 6.07) is 3.92. The van der Waals surface area contributed by atoms with Gasteiger partial charge in [-0.2, -0.15) is 0 Å². The third-order valence-corrected chi connectivity index (χ3v) is 4.06. The van der Waals surface area contributed by atoms with E-state index in [0.717, 1.165) is 25.7 Å². The van der Waals surface area contributed by atoms with Gasteiger partial charge in [0, 0.05) is 12.1 Å². The first kappa shape index (κ1) is 12.8. The summed E-state index contributed by atoms with van der Waals surface area (Å²) in [7, 11) is 1.67. The van der Waals surface area contributed by atoms with Gasteiger partial charge in [-0.15, -0.1) is 0 Å². The summed E-state index contributed by atoms with van der Waals surface area (Å²) in [6.07, 6.45) is 3.98. The number of rotatable bonds is 3. The van der Waals surface area contributed by atoms with Crippen LogP contribution in [0, 0.1) is 5.82 Å². The third-order valence-electron chi connectivity index (χ3n) is 3.72. The number of benzene rings is 1. The standard InChI is InChI=1S/C13H17ClFNO/c1-17-13(6-2-3-7-13)12(16)10-8-9(15)4-5-11(10)14/h4-5,8,12H,2-3,6-7,16H2,1H3. The van der Waals surface area contributed by atoms with Crippen LogP contribution < -0.4 is 5.73 Å². The second-order valence-corrected chi connectivity index (χ2v) is 5.03. The van der Waals surface area contributed by atoms with Gasteiger partial charge in [0.2, 0.25) is 0 Å². The highest BCUT2D eigenvalue weighted by Gasteiger charge is 2.41. The maximum Gasteiger partial charge on any atom is 0.123 e. The van der Waals surface area contributed by atoms with Gasteiger partial charge in [-0.05, 0) is 36.6 Å². The number of ether oxygens (including phenoxy) is 1. The van der Waals surface area contributed by atoms with Crippen molar-refractivity contribution in [1.82, 2.24) is 0 Å². The molecule has 0 radical (unpaired) electrons. The van der Waals surface area contributed by atoms with E-state index in [1.54, 1.807) is 13.2 Å². The van der Waals surface area contributed by atoms with E-state index >= 15 is 0 Å². The van der Waals surface area contributed by atoms with Crippen molar-refractivity contribution in [2.45, 2.75) is 37.3 Å². The van der Waals surface area contributed by atoms with Crippen LogP contribution in [-0.2, 0) is 4.74 Å². The minimum absolute atomic E-state index is 0.316. The summed E-state index contributed by atoms with van der Waals surface area (Å²) >= 11 is 6.09. The van der Waals surface area contributed by atoms with E-state index in [4.69, 9.17) is 22.1 Å². The molecule has 1 aliphatic carbocycles. The first-order chi connectivity index (χ1) is 8.09. The second kappa shape index (κ2) is 4.92. The van der Waals surface area contributed by atoms with Crippen molar-refractivity contribution in [3.05, 3.63) is 34.6 Å². The Labute approximate surface area is 106 Å². The molecule has 0 spiro atoms. The molecule has 1 aliphatic rings. The van der Waals surface area contributed by atoms with Gasteiger partial charge >= 0.3 is 0 Å². The Morgan fingerprint density at radius 1 is 1.41 bits per heavy atom. The SMILES string of the molecule is COC1(C(N)c2cc(F)ccc2Cl)CCCC1. The molecule has 0 aliphatic heterocycles. The van der Waals surface area contributed by atoms with Crippen molar-refractivity contribution >= 4 is 11.6 Å². The van der Waals surface area contributed by atoms with Crippen LogP contribution in [-0.4, -0.2) is 12.7 Å². The van der Waals surface area contributed by atoms with E-state index in [1.807, 2.05) is 0 Å². The Bertz CT molecular complexity index is 404. The monoisotopic (exact) mass is 257 g/mol. The quantitative estimate of drug-likeness (QED) is 0.900. The van der Waals surface area contributed by atoms with Crippen LogP contribution in [0.1, 0.15) is 37.3 Å². The molecule has 1 saturated carbocycles. The molecular weight excluding hydrogens is 241 g/mol. The van der Waals surface area contributed by atoms with Crippen molar-refractivity contribution in [3.8, 4) is 0 Å². The molecule has 0 amide bonds. The highest BCUT2D eigenvalue weighted by atomic mass is 35.5. The second-order valence-electron chi connectivity index (χ2n) is 4.62. The average Bonchev–Trinajstić information content (AvgIpc) is 2.81. The van der Waals surface area contributed by atoms with Gasteiger partial charge in [0.15, 0.2) is 0 Å². The van der Waals surface area contributed by atoms with Gasteiger partial charge in [-0.1, -0.05) is 24.4 Å². The lowest BCUT2D eigenvalue weighted by molar-refractivity contribution is -0.0264. The lowest BCUT2D eigenvalue weighted by Crippen LogP contribution is -2.40. The van der Waals surface area contributed by atoms with Crippen LogP contribution in [0.15, 0.2) is 18.2 Å². The molecule has 1 atom stereocenters. The average molecular weight is 258 g/mol. The zero-order valence-electron chi connectivity index (χ0n) is 9.88. The number of nitrogens with two attached hydrogens (primary N) is 1. The fraction of sp³-hybridized carbons (Fsp3) is 0.538. The van der Waals surface area contributed by atoms with Crippen molar-refractivity contribution in [3.63, 3.8) is 0 Å². The number of methoxy groups -OCH3 is 1. The summed E-state index contributed by atoms with van der Waals surface area (Å²) in [6.45, 7) is 0. The summed E-state index contributed by atoms with van der Waals surface area (Å²) in [4.78, 5) is 0. The van der Waals surface area contributed by atoms with Gasteiger partial charge in [-0.25, -0.2) is 4.39 Å². The fourth-order valence-electron chi connectivity index (χ4n) is 2.65. The molecule has 1 fully saturated rings. The molecule has 0 heterocycles.